The van der Waals surface area contributed by atoms with Gasteiger partial charge in [-0.05, 0) is 149 Å². The maximum atomic E-state index is 13.0. The second-order valence-corrected chi connectivity index (χ2v) is 34.0. The van der Waals surface area contributed by atoms with Crippen molar-refractivity contribution in [2.45, 2.75) is 115 Å². The molecule has 2 atom stereocenters. The number of rotatable bonds is 20. The lowest BCUT2D eigenvalue weighted by atomic mass is 9.77. The number of hydrogen-bond acceptors (Lipinski definition) is 28. The highest BCUT2D eigenvalue weighted by Crippen LogP contribution is 2.45. The van der Waals surface area contributed by atoms with Crippen LogP contribution in [0.15, 0.2) is 146 Å². The van der Waals surface area contributed by atoms with Crippen molar-refractivity contribution in [1.82, 2.24) is 75.9 Å². The zero-order chi connectivity index (χ0) is 80.7. The van der Waals surface area contributed by atoms with Gasteiger partial charge in [0.2, 0.25) is 0 Å². The van der Waals surface area contributed by atoms with Gasteiger partial charge < -0.3 is 70.2 Å². The normalized spacial score (nSPS) is 16.5. The highest BCUT2D eigenvalue weighted by molar-refractivity contribution is 7.24. The standard InChI is InChI=1S/C19H16F3N5S.C17H21N5S.C15H17N5OS.2C14H17N5OS/c1-10(11-3-2-4-12(7-11)19(20,21)22)25-15-9-17(23)26-14-8-16(28-18(14)15)13-5-6-24-27-13;1-10-2-4-11(5-3-10)20-14-9-16(18)21-13-8-15(23-17(13)14)12-6-7-19-22-12;1-15(21)6-8(7-15)18-11-5-13(16)19-10-4-12(22-14(10)11)9-2-3-17-20-9;1-19(5-2-6-20)11-8-13(15)17-10-7-12(21-14(10)11)9-3-4-16-18-9;1-2-8(7-20)17-11-6-13(15)18-10-5-12(21-14(10)11)9-3-4-16-19-9/h2-10H,1H3,(H,24,27)(H3,23,25,26);6-11H,2-5H2,1H3,(H,19,22)(H3,18,20,21);2-5,8,21H,6-7H2,1H3,(H,17,20)(H3,16,18,19);3-4,7-8,20H,2,5-6H2,1H3,(H2,15,17)(H,16,18);3-6,8,20H,2,7H2,1H3,(H,16,19)(H3,15,17,18)/t10-;;;;8-/m0...0/s1. The monoisotopic (exact) mass is 1650 g/mol. The SMILES string of the molecule is CC1(O)CC(Nc2cc(N)nc3cc(-c4ccn[nH]4)sc23)C1.CC1CCC(Nc2cc(N)nc3cc(-c4ccn[nH]4)sc23)CC1.CC[C@@H](CO)Nc1cc(N)nc2cc(-c3ccn[nH]3)sc12.CN(CCCO)c1cc(N)nc2cc(-c3ccn[nH]3)sc12.C[C@H](Nc1cc(N)nc2cc(-c3ccn[nH]3)sc12)c1cccc(C(F)(F)F)c1. The molecule has 16 aromatic rings. The highest BCUT2D eigenvalue weighted by atomic mass is 32.1. The van der Waals surface area contributed by atoms with E-state index in [4.69, 9.17) is 33.8 Å². The molecule has 18 rings (SSSR count). The number of aliphatic hydroxyl groups is 3. The van der Waals surface area contributed by atoms with Crippen LogP contribution in [0.2, 0.25) is 0 Å². The number of aliphatic hydroxyl groups excluding tert-OH is 2. The van der Waals surface area contributed by atoms with Crippen LogP contribution in [0.3, 0.4) is 0 Å². The average Bonchev–Trinajstić information content (AvgIpc) is 1.68. The van der Waals surface area contributed by atoms with Gasteiger partial charge >= 0.3 is 6.18 Å². The topological polar surface area (TPSA) is 450 Å². The molecule has 2 aliphatic carbocycles. The number of nitrogens with zero attached hydrogens (tertiary/aromatic N) is 11. The molecule has 0 spiro atoms. The van der Waals surface area contributed by atoms with E-state index in [1.54, 1.807) is 95.4 Å². The van der Waals surface area contributed by atoms with Crippen LogP contribution in [0, 0.1) is 5.92 Å². The van der Waals surface area contributed by atoms with Gasteiger partial charge in [0.25, 0.3) is 0 Å². The molecule has 28 nitrogen and oxygen atoms in total. The lowest BCUT2D eigenvalue weighted by molar-refractivity contribution is -0.137. The summed E-state index contributed by atoms with van der Waals surface area (Å²) in [4.78, 5) is 29.4. The molecule has 2 saturated carbocycles. The number of nitrogens with one attached hydrogen (secondary N) is 9. The van der Waals surface area contributed by atoms with Crippen molar-refractivity contribution < 1.29 is 28.5 Å². The van der Waals surface area contributed by atoms with Crippen molar-refractivity contribution in [1.29, 1.82) is 0 Å². The first-order valence-corrected chi connectivity index (χ1v) is 41.4. The maximum absolute atomic E-state index is 13.0. The molecule has 22 N–H and O–H groups in total. The Balaban J connectivity index is 0.000000119. The minimum absolute atomic E-state index is 0.00713. The Bertz CT molecular complexity index is 5860. The molecule has 36 heteroatoms. The summed E-state index contributed by atoms with van der Waals surface area (Å²) in [5, 5.41) is 76.8. The van der Waals surface area contributed by atoms with E-state index in [0.29, 0.717) is 46.2 Å². The van der Waals surface area contributed by atoms with Crippen molar-refractivity contribution in [3.63, 3.8) is 0 Å². The Morgan fingerprint density at radius 2 is 0.887 bits per heavy atom. The van der Waals surface area contributed by atoms with Crippen LogP contribution in [-0.4, -0.2) is 142 Å². The van der Waals surface area contributed by atoms with E-state index < -0.39 is 17.3 Å². The van der Waals surface area contributed by atoms with Gasteiger partial charge in [0.1, 0.15) is 29.1 Å². The van der Waals surface area contributed by atoms with Crippen molar-refractivity contribution in [2.24, 2.45) is 5.92 Å². The molecular formula is C79H88F3N25O3S5. The molecule has 15 heterocycles. The number of thiophene rings is 5. The van der Waals surface area contributed by atoms with Gasteiger partial charge in [-0.15, -0.1) is 56.7 Å². The molecular weight excluding hydrogens is 1560 g/mol. The summed E-state index contributed by atoms with van der Waals surface area (Å²) in [5.74, 6) is 3.21. The van der Waals surface area contributed by atoms with E-state index in [1.165, 1.54) is 47.8 Å². The smallest absolute Gasteiger partial charge is 0.396 e. The second kappa shape index (κ2) is 35.1. The second-order valence-electron chi connectivity index (χ2n) is 28.7. The third-order valence-corrected chi connectivity index (χ3v) is 25.6. The summed E-state index contributed by atoms with van der Waals surface area (Å²) >= 11 is 8.16. The summed E-state index contributed by atoms with van der Waals surface area (Å²) in [6.45, 7) is 9.07. The summed E-state index contributed by atoms with van der Waals surface area (Å²) in [6.07, 6.45) is 12.3. The van der Waals surface area contributed by atoms with Gasteiger partial charge in [0.05, 0.1) is 150 Å². The number of benzene rings is 1. The summed E-state index contributed by atoms with van der Waals surface area (Å²) < 4.78 is 44.3. The number of H-pyrrole nitrogens is 5. The maximum Gasteiger partial charge on any atom is 0.416 e. The first kappa shape index (κ1) is 80.1. The number of pyridine rings is 5. The van der Waals surface area contributed by atoms with Crippen LogP contribution in [0.25, 0.3) is 104 Å². The van der Waals surface area contributed by atoms with Gasteiger partial charge in [-0.3, -0.25) is 25.5 Å². The molecule has 0 amide bonds. The zero-order valence-corrected chi connectivity index (χ0v) is 67.4. The van der Waals surface area contributed by atoms with Gasteiger partial charge in [-0.2, -0.15) is 38.7 Å². The molecule has 0 bridgehead atoms. The molecule has 0 radical (unpaired) electrons. The first-order chi connectivity index (χ1) is 55.4. The van der Waals surface area contributed by atoms with Crippen LogP contribution in [0.5, 0.6) is 0 Å². The fraction of sp³-hybridized carbons (Fsp3) is 0.291. The van der Waals surface area contributed by atoms with Crippen LogP contribution < -0.4 is 54.8 Å². The minimum Gasteiger partial charge on any atom is -0.396 e. The summed E-state index contributed by atoms with van der Waals surface area (Å²) in [5.41, 5.74) is 42.8. The first-order valence-electron chi connectivity index (χ1n) is 37.3. The minimum atomic E-state index is -4.38. The van der Waals surface area contributed by atoms with E-state index in [9.17, 15) is 23.4 Å². The van der Waals surface area contributed by atoms with Crippen LogP contribution in [-0.2, 0) is 6.18 Å². The lowest BCUT2D eigenvalue weighted by Gasteiger charge is -2.41. The fourth-order valence-corrected chi connectivity index (χ4v) is 19.1. The van der Waals surface area contributed by atoms with E-state index in [1.807, 2.05) is 99.8 Å². The number of aromatic amines is 5. The van der Waals surface area contributed by atoms with Crippen molar-refractivity contribution >= 4 is 165 Å². The number of halogens is 3. The van der Waals surface area contributed by atoms with Crippen LogP contribution in [0.4, 0.5) is 70.7 Å². The van der Waals surface area contributed by atoms with Crippen LogP contribution in [0.1, 0.15) is 96.2 Å². The van der Waals surface area contributed by atoms with E-state index in [0.717, 1.165) is 172 Å². The quantitative estimate of drug-likeness (QED) is 0.0337. The summed E-state index contributed by atoms with van der Waals surface area (Å²) in [7, 11) is 2.00. The molecule has 0 aliphatic heterocycles. The largest absolute Gasteiger partial charge is 0.416 e. The number of hydrogen-bond donors (Lipinski definition) is 17. The Morgan fingerprint density at radius 1 is 0.513 bits per heavy atom. The molecule has 2 aliphatic rings. The Labute approximate surface area is 678 Å². The number of alkyl halides is 3. The van der Waals surface area contributed by atoms with E-state index in [2.05, 4.69) is 115 Å². The number of anilines is 10. The molecule has 0 saturated heterocycles. The number of nitrogen functional groups attached to an aromatic ring is 5. The molecule has 15 aromatic heterocycles. The number of nitrogens with two attached hydrogens (primary N) is 5. The molecule has 2 fully saturated rings. The summed E-state index contributed by atoms with van der Waals surface area (Å²) in [6, 6.07) is 34.6. The van der Waals surface area contributed by atoms with Gasteiger partial charge in [-0.25, -0.2) is 24.9 Å². The number of fused-ring (bicyclic) bond motifs is 5. The highest BCUT2D eigenvalue weighted by Gasteiger charge is 2.39. The molecule has 115 heavy (non-hydrogen) atoms. The Hall–Kier alpha value is -11.5. The van der Waals surface area contributed by atoms with Gasteiger partial charge in [-0.1, -0.05) is 26.0 Å². The predicted molar refractivity (Wildman–Crippen MR) is 464 cm³/mol. The van der Waals surface area contributed by atoms with E-state index >= 15 is 0 Å². The fourth-order valence-electron chi connectivity index (χ4n) is 13.7. The van der Waals surface area contributed by atoms with E-state index in [-0.39, 0.29) is 31.3 Å². The number of aromatic nitrogens is 15. The Kier molecular flexibility index (Phi) is 24.4. The van der Waals surface area contributed by atoms with Crippen molar-refractivity contribution in [2.75, 3.05) is 81.6 Å². The lowest BCUT2D eigenvalue weighted by Crippen LogP contribution is -2.48. The van der Waals surface area contributed by atoms with Crippen molar-refractivity contribution in [3.05, 3.63) is 157 Å². The Morgan fingerprint density at radius 3 is 1.26 bits per heavy atom. The molecule has 0 unspecified atom stereocenters. The van der Waals surface area contributed by atoms with Crippen molar-refractivity contribution in [3.8, 4) is 52.9 Å². The third-order valence-electron chi connectivity index (χ3n) is 19.6. The van der Waals surface area contributed by atoms with Gasteiger partial charge in [0, 0.05) is 106 Å². The third kappa shape index (κ3) is 19.3. The molecule has 598 valence electrons. The molecule has 1 aromatic carbocycles. The predicted octanol–water partition coefficient (Wildman–Crippen LogP) is 16.9. The zero-order valence-electron chi connectivity index (χ0n) is 63.3. The average molecular weight is 1650 g/mol. The van der Waals surface area contributed by atoms with Crippen LogP contribution >= 0.6 is 56.7 Å². The van der Waals surface area contributed by atoms with Gasteiger partial charge in [0.15, 0.2) is 0 Å².